The molecule has 0 saturated carbocycles. The molecule has 0 spiro atoms. The number of rotatable bonds is 3. The smallest absolute Gasteiger partial charge is 0.335 e. The standard InChI is InChI=1S/C14H14N2O5/c17-12-13(18)16(6-8-3-4-21-7-8)11-2-1-9(14(19)20)5-10(11)15-12/h1-2,5,8H,3-4,6-7H2,(H,15,17)(H,19,20). The number of ether oxygens (including phenoxy) is 1. The summed E-state index contributed by atoms with van der Waals surface area (Å²) in [5, 5.41) is 8.99. The summed E-state index contributed by atoms with van der Waals surface area (Å²) >= 11 is 0. The molecule has 0 aliphatic carbocycles. The molecule has 7 nitrogen and oxygen atoms in total. The highest BCUT2D eigenvalue weighted by Crippen LogP contribution is 2.17. The summed E-state index contributed by atoms with van der Waals surface area (Å²) in [4.78, 5) is 37.2. The van der Waals surface area contributed by atoms with Gasteiger partial charge in [0.2, 0.25) is 0 Å². The summed E-state index contributed by atoms with van der Waals surface area (Å²) in [6.07, 6.45) is 0.841. The number of aromatic nitrogens is 2. The zero-order valence-corrected chi connectivity index (χ0v) is 11.2. The van der Waals surface area contributed by atoms with Gasteiger partial charge < -0.3 is 19.4 Å². The first kappa shape index (κ1) is 13.6. The van der Waals surface area contributed by atoms with Crippen molar-refractivity contribution in [3.8, 4) is 0 Å². The average Bonchev–Trinajstić information content (AvgIpc) is 2.96. The van der Waals surface area contributed by atoms with Crippen LogP contribution in [0.4, 0.5) is 0 Å². The molecule has 2 heterocycles. The molecule has 3 rings (SSSR count). The Labute approximate surface area is 118 Å². The van der Waals surface area contributed by atoms with E-state index in [1.165, 1.54) is 16.7 Å². The van der Waals surface area contributed by atoms with Gasteiger partial charge in [0, 0.05) is 19.1 Å². The summed E-state index contributed by atoms with van der Waals surface area (Å²) < 4.78 is 6.68. The van der Waals surface area contributed by atoms with E-state index in [-0.39, 0.29) is 11.5 Å². The first-order chi connectivity index (χ1) is 10.1. The Hall–Kier alpha value is -2.41. The molecular weight excluding hydrogens is 276 g/mol. The second kappa shape index (κ2) is 5.17. The highest BCUT2D eigenvalue weighted by molar-refractivity contribution is 5.92. The number of aromatic carboxylic acids is 1. The van der Waals surface area contributed by atoms with Crippen LogP contribution in [0.25, 0.3) is 11.0 Å². The SMILES string of the molecule is O=C(O)c1ccc2c(c1)[nH]c(=O)c(=O)n2CC1CCOC1. The summed E-state index contributed by atoms with van der Waals surface area (Å²) in [5.41, 5.74) is -0.441. The minimum atomic E-state index is -1.08. The van der Waals surface area contributed by atoms with E-state index in [1.807, 2.05) is 0 Å². The van der Waals surface area contributed by atoms with Crippen molar-refractivity contribution in [2.24, 2.45) is 5.92 Å². The molecule has 21 heavy (non-hydrogen) atoms. The Balaban J connectivity index is 2.16. The van der Waals surface area contributed by atoms with Gasteiger partial charge in [-0.2, -0.15) is 0 Å². The van der Waals surface area contributed by atoms with Gasteiger partial charge in [0.25, 0.3) is 0 Å². The third-order valence-corrected chi connectivity index (χ3v) is 3.69. The molecule has 1 saturated heterocycles. The minimum Gasteiger partial charge on any atom is -0.478 e. The molecule has 2 aromatic rings. The maximum atomic E-state index is 12.1. The molecule has 110 valence electrons. The molecule has 1 unspecified atom stereocenters. The van der Waals surface area contributed by atoms with Crippen LogP contribution in [-0.2, 0) is 11.3 Å². The number of aromatic amines is 1. The maximum absolute atomic E-state index is 12.1. The van der Waals surface area contributed by atoms with Crippen LogP contribution in [0.1, 0.15) is 16.8 Å². The van der Waals surface area contributed by atoms with Crippen molar-refractivity contribution >= 4 is 17.0 Å². The largest absolute Gasteiger partial charge is 0.478 e. The highest BCUT2D eigenvalue weighted by atomic mass is 16.5. The number of carboxylic acid groups (broad SMARTS) is 1. The zero-order valence-electron chi connectivity index (χ0n) is 11.2. The fourth-order valence-electron chi connectivity index (χ4n) is 2.58. The Morgan fingerprint density at radius 1 is 1.43 bits per heavy atom. The molecule has 1 aromatic heterocycles. The molecule has 7 heteroatoms. The summed E-state index contributed by atoms with van der Waals surface area (Å²) in [7, 11) is 0. The van der Waals surface area contributed by atoms with Crippen molar-refractivity contribution in [3.05, 3.63) is 44.5 Å². The summed E-state index contributed by atoms with van der Waals surface area (Å²) in [6, 6.07) is 4.33. The van der Waals surface area contributed by atoms with Crippen molar-refractivity contribution in [2.45, 2.75) is 13.0 Å². The highest BCUT2D eigenvalue weighted by Gasteiger charge is 2.19. The normalized spacial score (nSPS) is 18.2. The minimum absolute atomic E-state index is 0.0625. The third kappa shape index (κ3) is 2.47. The van der Waals surface area contributed by atoms with E-state index < -0.39 is 17.1 Å². The number of carbonyl (C=O) groups is 1. The molecular formula is C14H14N2O5. The van der Waals surface area contributed by atoms with Gasteiger partial charge in [0.15, 0.2) is 0 Å². The van der Waals surface area contributed by atoms with Gasteiger partial charge in [0.1, 0.15) is 0 Å². The lowest BCUT2D eigenvalue weighted by molar-refractivity contribution is 0.0697. The van der Waals surface area contributed by atoms with E-state index in [0.717, 1.165) is 6.42 Å². The quantitative estimate of drug-likeness (QED) is 0.798. The topological polar surface area (TPSA) is 101 Å². The van der Waals surface area contributed by atoms with E-state index in [0.29, 0.717) is 30.8 Å². The fraction of sp³-hybridized carbons (Fsp3) is 0.357. The van der Waals surface area contributed by atoms with Crippen LogP contribution >= 0.6 is 0 Å². The van der Waals surface area contributed by atoms with Crippen LogP contribution in [0, 0.1) is 5.92 Å². The van der Waals surface area contributed by atoms with Gasteiger partial charge in [-0.05, 0) is 24.6 Å². The zero-order chi connectivity index (χ0) is 15.0. The molecule has 1 aliphatic rings. The van der Waals surface area contributed by atoms with E-state index in [1.54, 1.807) is 6.07 Å². The summed E-state index contributed by atoms with van der Waals surface area (Å²) in [6.45, 7) is 1.61. The lowest BCUT2D eigenvalue weighted by atomic mass is 10.1. The number of hydrogen-bond donors (Lipinski definition) is 2. The Morgan fingerprint density at radius 2 is 2.24 bits per heavy atom. The van der Waals surface area contributed by atoms with Crippen molar-refractivity contribution in [2.75, 3.05) is 13.2 Å². The molecule has 1 fully saturated rings. The van der Waals surface area contributed by atoms with Gasteiger partial charge in [-0.25, -0.2) is 4.79 Å². The number of H-pyrrole nitrogens is 1. The molecule has 1 aliphatic heterocycles. The predicted molar refractivity (Wildman–Crippen MR) is 74.7 cm³/mol. The lowest BCUT2D eigenvalue weighted by Gasteiger charge is -2.13. The molecule has 1 atom stereocenters. The Morgan fingerprint density at radius 3 is 2.90 bits per heavy atom. The number of nitrogens with one attached hydrogen (secondary N) is 1. The number of nitrogens with zero attached hydrogens (tertiary/aromatic N) is 1. The second-order valence-corrected chi connectivity index (χ2v) is 5.14. The maximum Gasteiger partial charge on any atom is 0.335 e. The first-order valence-corrected chi connectivity index (χ1v) is 6.64. The average molecular weight is 290 g/mol. The fourth-order valence-corrected chi connectivity index (χ4v) is 2.58. The van der Waals surface area contributed by atoms with Gasteiger partial charge in [-0.1, -0.05) is 0 Å². The van der Waals surface area contributed by atoms with Crippen LogP contribution in [-0.4, -0.2) is 33.8 Å². The molecule has 0 amide bonds. The van der Waals surface area contributed by atoms with Crippen molar-refractivity contribution < 1.29 is 14.6 Å². The molecule has 0 radical (unpaired) electrons. The van der Waals surface area contributed by atoms with Crippen LogP contribution in [0.2, 0.25) is 0 Å². The Kier molecular flexibility index (Phi) is 3.34. The van der Waals surface area contributed by atoms with Gasteiger partial charge in [-0.15, -0.1) is 0 Å². The van der Waals surface area contributed by atoms with E-state index in [4.69, 9.17) is 9.84 Å². The number of benzene rings is 1. The van der Waals surface area contributed by atoms with Crippen LogP contribution in [0.15, 0.2) is 27.8 Å². The van der Waals surface area contributed by atoms with E-state index in [2.05, 4.69) is 4.98 Å². The molecule has 2 N–H and O–H groups in total. The second-order valence-electron chi connectivity index (χ2n) is 5.14. The van der Waals surface area contributed by atoms with Crippen molar-refractivity contribution in [1.29, 1.82) is 0 Å². The predicted octanol–water partition coefficient (Wildman–Crippen LogP) is 0.424. The van der Waals surface area contributed by atoms with E-state index >= 15 is 0 Å². The first-order valence-electron chi connectivity index (χ1n) is 6.64. The van der Waals surface area contributed by atoms with Crippen molar-refractivity contribution in [1.82, 2.24) is 9.55 Å². The van der Waals surface area contributed by atoms with Crippen LogP contribution in [0.3, 0.4) is 0 Å². The van der Waals surface area contributed by atoms with Gasteiger partial charge in [-0.3, -0.25) is 9.59 Å². The van der Waals surface area contributed by atoms with E-state index in [9.17, 15) is 14.4 Å². The summed E-state index contributed by atoms with van der Waals surface area (Å²) in [5.74, 6) is -0.897. The molecule has 0 bridgehead atoms. The van der Waals surface area contributed by atoms with Crippen LogP contribution < -0.4 is 11.1 Å². The Bertz CT molecular complexity index is 814. The monoisotopic (exact) mass is 290 g/mol. The van der Waals surface area contributed by atoms with Crippen molar-refractivity contribution in [3.63, 3.8) is 0 Å². The number of hydrogen-bond acceptors (Lipinski definition) is 4. The number of carboxylic acids is 1. The van der Waals surface area contributed by atoms with Gasteiger partial charge in [0.05, 0.1) is 23.2 Å². The molecule has 1 aromatic carbocycles. The van der Waals surface area contributed by atoms with Crippen LogP contribution in [0.5, 0.6) is 0 Å². The third-order valence-electron chi connectivity index (χ3n) is 3.69. The number of fused-ring (bicyclic) bond motifs is 1. The lowest BCUT2D eigenvalue weighted by Crippen LogP contribution is -2.37. The van der Waals surface area contributed by atoms with Gasteiger partial charge >= 0.3 is 17.1 Å².